The molecule has 1 N–H and O–H groups in total. The van der Waals surface area contributed by atoms with Crippen LogP contribution in [-0.4, -0.2) is 122 Å². The summed E-state index contributed by atoms with van der Waals surface area (Å²) in [4.78, 5) is 90.9. The van der Waals surface area contributed by atoms with E-state index in [2.05, 4.69) is 72.4 Å². The molecule has 0 bridgehead atoms. The van der Waals surface area contributed by atoms with Crippen LogP contribution in [0.2, 0.25) is 18.1 Å². The van der Waals surface area contributed by atoms with E-state index < -0.39 is 92.1 Å². The van der Waals surface area contributed by atoms with Crippen LogP contribution >= 0.6 is 15.9 Å². The molecular formula is C46H79BrN4O9Si. The van der Waals surface area contributed by atoms with Gasteiger partial charge in [-0.3, -0.25) is 19.2 Å². The molecule has 1 fully saturated rings. The van der Waals surface area contributed by atoms with Crippen molar-refractivity contribution in [3.63, 3.8) is 0 Å². The molecule has 4 amide bonds. The first-order valence-electron chi connectivity index (χ1n) is 22.1. The molecular weight excluding hydrogens is 861 g/mol. The van der Waals surface area contributed by atoms with E-state index in [1.807, 2.05) is 41.5 Å². The lowest BCUT2D eigenvalue weighted by Crippen LogP contribution is -2.58. The highest BCUT2D eigenvalue weighted by molar-refractivity contribution is 9.12. The van der Waals surface area contributed by atoms with E-state index in [1.54, 1.807) is 20.8 Å². The summed E-state index contributed by atoms with van der Waals surface area (Å²) in [7, 11) is 0.775. The van der Waals surface area contributed by atoms with E-state index in [4.69, 9.17) is 13.9 Å². The molecule has 0 aromatic heterocycles. The lowest BCUT2D eigenvalue weighted by molar-refractivity contribution is -0.172. The first-order valence-corrected chi connectivity index (χ1v) is 25.8. The van der Waals surface area contributed by atoms with Crippen molar-refractivity contribution in [2.45, 2.75) is 176 Å². The van der Waals surface area contributed by atoms with E-state index in [-0.39, 0.29) is 35.9 Å². The number of hydrogen-bond donors (Lipinski definition) is 1. The quantitative estimate of drug-likeness (QED) is 0.0365. The van der Waals surface area contributed by atoms with E-state index in [0.717, 1.165) is 6.42 Å². The Labute approximate surface area is 377 Å². The minimum Gasteiger partial charge on any atom is -0.460 e. The maximum atomic E-state index is 14.4. The van der Waals surface area contributed by atoms with E-state index in [9.17, 15) is 28.8 Å². The number of amides is 4. The third-order valence-corrected chi connectivity index (χ3v) is 17.2. The fourth-order valence-electron chi connectivity index (χ4n) is 7.35. The smallest absolute Gasteiger partial charge is 0.329 e. The average molecular weight is 940 g/mol. The fraction of sp³-hybridized carbons (Fsp3) is 0.783. The van der Waals surface area contributed by atoms with Gasteiger partial charge in [0.15, 0.2) is 14.4 Å². The molecule has 0 saturated carbocycles. The predicted octanol–water partition coefficient (Wildman–Crippen LogP) is 7.32. The largest absolute Gasteiger partial charge is 0.460 e. The molecule has 0 radical (unpaired) electrons. The van der Waals surface area contributed by atoms with Crippen molar-refractivity contribution in [3.05, 3.63) is 12.7 Å². The maximum Gasteiger partial charge on any atom is 0.329 e. The first kappa shape index (κ1) is 55.8. The van der Waals surface area contributed by atoms with Gasteiger partial charge < -0.3 is 33.9 Å². The van der Waals surface area contributed by atoms with E-state index >= 15 is 0 Å². The molecule has 0 unspecified atom stereocenters. The summed E-state index contributed by atoms with van der Waals surface area (Å²) in [5, 5.41) is 2.92. The van der Waals surface area contributed by atoms with Crippen LogP contribution in [0.1, 0.15) is 122 Å². The second kappa shape index (κ2) is 25.2. The number of nitrogens with zero attached hydrogens (tertiary/aromatic N) is 3. The summed E-state index contributed by atoms with van der Waals surface area (Å²) >= 11 is 3.15. The second-order valence-electron chi connectivity index (χ2n) is 19.2. The molecule has 1 saturated heterocycles. The fourth-order valence-corrected chi connectivity index (χ4v) is 8.98. The van der Waals surface area contributed by atoms with E-state index in [1.165, 1.54) is 34.9 Å². The highest BCUT2D eigenvalue weighted by Crippen LogP contribution is 2.39. The van der Waals surface area contributed by atoms with Crippen molar-refractivity contribution >= 4 is 59.8 Å². The number of hydrogen-bond acceptors (Lipinski definition) is 9. The van der Waals surface area contributed by atoms with Crippen LogP contribution < -0.4 is 5.32 Å². The second-order valence-corrected chi connectivity index (χ2v) is 24.4. The Morgan fingerprint density at radius 1 is 0.934 bits per heavy atom. The lowest BCUT2D eigenvalue weighted by atomic mass is 9.95. The van der Waals surface area contributed by atoms with Crippen molar-refractivity contribution in [3.8, 4) is 10.8 Å². The molecule has 8 atom stereocenters. The van der Waals surface area contributed by atoms with Crippen LogP contribution in [-0.2, 0) is 42.7 Å². The molecule has 0 spiro atoms. The first-order chi connectivity index (χ1) is 28.2. The van der Waals surface area contributed by atoms with Gasteiger partial charge in [-0.15, -0.1) is 0 Å². The Hall–Kier alpha value is -3.22. The van der Waals surface area contributed by atoms with Crippen LogP contribution in [0, 0.1) is 40.3 Å². The van der Waals surface area contributed by atoms with Gasteiger partial charge in [-0.25, -0.2) is 9.59 Å². The topological polar surface area (TPSA) is 152 Å². The van der Waals surface area contributed by atoms with Crippen molar-refractivity contribution in [2.24, 2.45) is 29.6 Å². The summed E-state index contributed by atoms with van der Waals surface area (Å²) < 4.78 is 18.2. The Bertz CT molecular complexity index is 1570. The van der Waals surface area contributed by atoms with Gasteiger partial charge in [0.1, 0.15) is 30.8 Å². The number of likely N-dealkylation sites (N-methyl/N-ethyl adjacent to an activating group) is 2. The zero-order valence-electron chi connectivity index (χ0n) is 40.2. The number of nitrogens with one attached hydrogen (secondary N) is 1. The van der Waals surface area contributed by atoms with Crippen molar-refractivity contribution in [1.82, 2.24) is 20.0 Å². The monoisotopic (exact) mass is 938 g/mol. The number of rotatable bonds is 23. The normalized spacial score (nSPS) is 17.9. The Morgan fingerprint density at radius 3 is 2.00 bits per heavy atom. The van der Waals surface area contributed by atoms with Gasteiger partial charge in [0.2, 0.25) is 17.7 Å². The van der Waals surface area contributed by atoms with Crippen molar-refractivity contribution < 1.29 is 42.7 Å². The third kappa shape index (κ3) is 15.5. The van der Waals surface area contributed by atoms with Gasteiger partial charge >= 0.3 is 11.9 Å². The lowest BCUT2D eigenvalue weighted by Gasteiger charge is -2.41. The molecule has 15 heteroatoms. The molecule has 1 aliphatic rings. The van der Waals surface area contributed by atoms with Gasteiger partial charge in [-0.1, -0.05) is 102 Å². The Balaban J connectivity index is 3.40. The van der Waals surface area contributed by atoms with Gasteiger partial charge in [0, 0.05) is 48.9 Å². The van der Waals surface area contributed by atoms with Crippen LogP contribution in [0.25, 0.3) is 0 Å². The SMILES string of the molecule is C=CCOC(=O)[C@H](C(C)C)N(C)C(=O)[C@@H]1CCCN1C(=O)[C@@H](OC(=O)[C@H](C(C)C)N(C)C(=O)[C@@H](NC(=O)[C@@H](C)[C@@H](CCCC#CBr)O[Si](C)(C)C(C)(C)C)C(C)C)[C@@H](C)CC. The molecule has 348 valence electrons. The number of ether oxygens (including phenoxy) is 2. The van der Waals surface area contributed by atoms with Gasteiger partial charge in [-0.05, 0) is 72.8 Å². The van der Waals surface area contributed by atoms with Gasteiger partial charge in [-0.2, -0.15) is 0 Å². The summed E-state index contributed by atoms with van der Waals surface area (Å²) in [6.07, 6.45) is 3.24. The van der Waals surface area contributed by atoms with Gasteiger partial charge in [0.25, 0.3) is 5.91 Å². The predicted molar refractivity (Wildman–Crippen MR) is 247 cm³/mol. The molecule has 1 aliphatic heterocycles. The number of esters is 2. The summed E-state index contributed by atoms with van der Waals surface area (Å²) in [5.74, 6) is -2.03. The molecule has 1 rings (SSSR count). The average Bonchev–Trinajstić information content (AvgIpc) is 3.67. The highest BCUT2D eigenvalue weighted by atomic mass is 79.9. The van der Waals surface area contributed by atoms with Crippen LogP contribution in [0.4, 0.5) is 0 Å². The van der Waals surface area contributed by atoms with Crippen molar-refractivity contribution in [1.29, 1.82) is 0 Å². The zero-order chi connectivity index (χ0) is 47.2. The summed E-state index contributed by atoms with van der Waals surface area (Å²) in [6.45, 7) is 31.0. The van der Waals surface area contributed by atoms with Crippen LogP contribution in [0.15, 0.2) is 12.7 Å². The maximum absolute atomic E-state index is 14.4. The van der Waals surface area contributed by atoms with E-state index in [0.29, 0.717) is 32.1 Å². The minimum absolute atomic E-state index is 0.00640. The Morgan fingerprint density at radius 2 is 1.51 bits per heavy atom. The molecule has 1 heterocycles. The number of likely N-dealkylation sites (tertiary alicyclic amines) is 1. The number of halogens is 1. The Kier molecular flexibility index (Phi) is 23.0. The highest BCUT2D eigenvalue weighted by Gasteiger charge is 2.46. The number of unbranched alkanes of at least 4 members (excludes halogenated alkanes) is 1. The molecule has 13 nitrogen and oxygen atoms in total. The molecule has 0 aliphatic carbocycles. The third-order valence-electron chi connectivity index (χ3n) is 12.4. The molecule has 61 heavy (non-hydrogen) atoms. The number of carbonyl (C=O) groups is 6. The van der Waals surface area contributed by atoms with Crippen LogP contribution in [0.3, 0.4) is 0 Å². The van der Waals surface area contributed by atoms with Gasteiger partial charge in [0.05, 0.1) is 12.0 Å². The summed E-state index contributed by atoms with van der Waals surface area (Å²) in [5.41, 5.74) is 0. The molecule has 0 aromatic carbocycles. The summed E-state index contributed by atoms with van der Waals surface area (Å²) in [6, 6.07) is -3.81. The molecule has 0 aromatic rings. The standard InChI is InChI=1S/C46H79BrN4O9Si/c1-18-28-58-44(56)37(30(5)6)49(14)41(53)34-24-23-27-51(34)43(55)39(32(9)19-2)59-45(57)38(31(7)8)50(15)42(54)36(29(3)4)48-40(52)33(10)35(25-21-20-22-26-47)60-61(16,17)46(11,12)13/h18,29-39H,1,19-21,23-25,27-28H2,2-17H3,(H,48,52)/t32-,33-,34-,35+,36-,37-,38-,39-/m0/s1. The van der Waals surface area contributed by atoms with Crippen molar-refractivity contribution in [2.75, 3.05) is 27.2 Å². The number of carbonyl (C=O) groups excluding carboxylic acids is 6. The zero-order valence-corrected chi connectivity index (χ0v) is 42.8. The van der Waals surface area contributed by atoms with Crippen LogP contribution in [0.5, 0.6) is 0 Å². The minimum atomic E-state index is -2.28.